The van der Waals surface area contributed by atoms with Crippen LogP contribution < -0.4 is 4.74 Å². The van der Waals surface area contributed by atoms with Crippen LogP contribution in [0.15, 0.2) is 18.2 Å². The fraction of sp³-hybridized carbons (Fsp3) is 0.708. The van der Waals surface area contributed by atoms with E-state index >= 15 is 0 Å². The van der Waals surface area contributed by atoms with Gasteiger partial charge in [0.05, 0.1) is 26.2 Å². The van der Waals surface area contributed by atoms with Gasteiger partial charge in [-0.3, -0.25) is 4.79 Å². The van der Waals surface area contributed by atoms with Gasteiger partial charge in [-0.05, 0) is 38.0 Å². The summed E-state index contributed by atoms with van der Waals surface area (Å²) in [6.45, 7) is 6.51. The Morgan fingerprint density at radius 3 is 2.07 bits per heavy atom. The number of quaternary nitrogens is 1. The van der Waals surface area contributed by atoms with E-state index in [2.05, 4.69) is 21.0 Å². The van der Waals surface area contributed by atoms with Gasteiger partial charge < -0.3 is 9.22 Å². The average molecular weight is 411 g/mol. The first kappa shape index (κ1) is 25.0. The highest BCUT2D eigenvalue weighted by Gasteiger charge is 2.16. The predicted molar refractivity (Wildman–Crippen MR) is 121 cm³/mol. The van der Waals surface area contributed by atoms with Crippen molar-refractivity contribution in [2.24, 2.45) is 0 Å². The fourth-order valence-corrected chi connectivity index (χ4v) is 3.62. The van der Waals surface area contributed by atoms with E-state index < -0.39 is 0 Å². The Bertz CT molecular complexity index is 572. The number of Topliss-reactive ketones (excluding diaryl/α,β-unsaturated/α-hetero) is 1. The Kier molecular flexibility index (Phi) is 12.5. The van der Waals surface area contributed by atoms with Gasteiger partial charge in [0.2, 0.25) is 0 Å². The van der Waals surface area contributed by atoms with Crippen LogP contribution >= 0.6 is 11.6 Å². The number of rotatable bonds is 16. The zero-order valence-corrected chi connectivity index (χ0v) is 19.3. The first-order chi connectivity index (χ1) is 13.4. The lowest BCUT2D eigenvalue weighted by Crippen LogP contribution is -2.43. The maximum absolute atomic E-state index is 11.8. The fourth-order valence-electron chi connectivity index (χ4n) is 3.44. The van der Waals surface area contributed by atoms with Crippen LogP contribution in [-0.2, 0) is 0 Å². The van der Waals surface area contributed by atoms with E-state index in [-0.39, 0.29) is 5.78 Å². The summed E-state index contributed by atoms with van der Waals surface area (Å²) in [7, 11) is 4.51. The van der Waals surface area contributed by atoms with Gasteiger partial charge in [0.25, 0.3) is 0 Å². The number of hydrogen-bond donors (Lipinski definition) is 0. The van der Waals surface area contributed by atoms with E-state index in [1.807, 2.05) is 0 Å². The first-order valence-electron chi connectivity index (χ1n) is 11.1. The molecule has 4 heteroatoms. The van der Waals surface area contributed by atoms with Crippen LogP contribution in [0.3, 0.4) is 0 Å². The molecule has 0 spiro atoms. The lowest BCUT2D eigenvalue weighted by molar-refractivity contribution is -0.890. The molecule has 0 saturated carbocycles. The van der Waals surface area contributed by atoms with Crippen LogP contribution in [0.2, 0.25) is 5.02 Å². The summed E-state index contributed by atoms with van der Waals surface area (Å²) in [5.41, 5.74) is 0.563. The maximum Gasteiger partial charge on any atom is 0.163 e. The van der Waals surface area contributed by atoms with Crippen molar-refractivity contribution in [3.63, 3.8) is 0 Å². The van der Waals surface area contributed by atoms with Crippen molar-refractivity contribution in [1.82, 2.24) is 0 Å². The molecule has 0 aromatic heterocycles. The normalized spacial score (nSPS) is 11.6. The number of halogens is 1. The van der Waals surface area contributed by atoms with Crippen molar-refractivity contribution in [2.75, 3.05) is 33.8 Å². The Balaban J connectivity index is 2.17. The second-order valence-electron chi connectivity index (χ2n) is 8.61. The smallest absolute Gasteiger partial charge is 0.163 e. The van der Waals surface area contributed by atoms with Gasteiger partial charge in [-0.15, -0.1) is 0 Å². The minimum Gasteiger partial charge on any atom is -0.487 e. The standard InChI is InChI=1S/C24H41ClNO2/c1-5-6-7-8-9-10-11-12-13-14-17-26(3,4)18-19-28-24-16-15-22(25)20-23(24)21(2)27/h15-16,20H,5-14,17-19H2,1-4H3/q+1. The van der Waals surface area contributed by atoms with Gasteiger partial charge in [-0.1, -0.05) is 69.9 Å². The summed E-state index contributed by atoms with van der Waals surface area (Å²) in [4.78, 5) is 11.8. The minimum atomic E-state index is -0.0170. The van der Waals surface area contributed by atoms with E-state index in [0.29, 0.717) is 22.9 Å². The van der Waals surface area contributed by atoms with Crippen LogP contribution in [0.5, 0.6) is 5.75 Å². The SMILES string of the molecule is CCCCCCCCCCCC[N+](C)(C)CCOc1ccc(Cl)cc1C(C)=O. The third kappa shape index (κ3) is 11.1. The number of benzene rings is 1. The number of nitrogens with zero attached hydrogens (tertiary/aromatic N) is 1. The van der Waals surface area contributed by atoms with Crippen molar-refractivity contribution in [3.8, 4) is 5.75 Å². The van der Waals surface area contributed by atoms with E-state index in [1.54, 1.807) is 25.1 Å². The lowest BCUT2D eigenvalue weighted by Gasteiger charge is -2.29. The molecule has 0 N–H and O–H groups in total. The topological polar surface area (TPSA) is 26.3 Å². The first-order valence-corrected chi connectivity index (χ1v) is 11.5. The van der Waals surface area contributed by atoms with Crippen LogP contribution in [0.4, 0.5) is 0 Å². The highest BCUT2D eigenvalue weighted by Crippen LogP contribution is 2.23. The molecular formula is C24H41ClNO2+. The summed E-state index contributed by atoms with van der Waals surface area (Å²) >= 11 is 5.99. The summed E-state index contributed by atoms with van der Waals surface area (Å²) in [6.07, 6.45) is 13.7. The van der Waals surface area contributed by atoms with Crippen molar-refractivity contribution >= 4 is 17.4 Å². The third-order valence-corrected chi connectivity index (χ3v) is 5.63. The molecule has 0 fully saturated rings. The van der Waals surface area contributed by atoms with E-state index in [1.165, 1.54) is 70.8 Å². The van der Waals surface area contributed by atoms with Gasteiger partial charge in [0.15, 0.2) is 5.78 Å². The second kappa shape index (κ2) is 14.0. The molecule has 0 unspecified atom stereocenters. The second-order valence-corrected chi connectivity index (χ2v) is 9.05. The number of ether oxygens (including phenoxy) is 1. The van der Waals surface area contributed by atoms with Crippen molar-refractivity contribution in [2.45, 2.75) is 78.1 Å². The van der Waals surface area contributed by atoms with Crippen LogP contribution in [0.1, 0.15) is 88.4 Å². The third-order valence-electron chi connectivity index (χ3n) is 5.39. The molecule has 28 heavy (non-hydrogen) atoms. The number of unbranched alkanes of at least 4 members (excludes halogenated alkanes) is 9. The Morgan fingerprint density at radius 1 is 0.929 bits per heavy atom. The van der Waals surface area contributed by atoms with Crippen molar-refractivity contribution in [1.29, 1.82) is 0 Å². The van der Waals surface area contributed by atoms with Gasteiger partial charge >= 0.3 is 0 Å². The van der Waals surface area contributed by atoms with Gasteiger partial charge in [-0.2, -0.15) is 0 Å². The molecule has 1 rings (SSSR count). The Morgan fingerprint density at radius 2 is 1.50 bits per heavy atom. The van der Waals surface area contributed by atoms with Gasteiger partial charge in [0.1, 0.15) is 18.9 Å². The molecule has 0 aliphatic carbocycles. The molecular weight excluding hydrogens is 370 g/mol. The molecule has 0 radical (unpaired) electrons. The number of carbonyl (C=O) groups is 1. The number of carbonyl (C=O) groups excluding carboxylic acids is 1. The molecule has 0 bridgehead atoms. The van der Waals surface area contributed by atoms with Crippen LogP contribution in [0, 0.1) is 0 Å². The maximum atomic E-state index is 11.8. The summed E-state index contributed by atoms with van der Waals surface area (Å²) in [6, 6.07) is 5.25. The molecule has 160 valence electrons. The monoisotopic (exact) mass is 410 g/mol. The van der Waals surface area contributed by atoms with Gasteiger partial charge in [-0.25, -0.2) is 0 Å². The molecule has 1 aromatic rings. The highest BCUT2D eigenvalue weighted by atomic mass is 35.5. The minimum absolute atomic E-state index is 0.0170. The largest absolute Gasteiger partial charge is 0.487 e. The van der Waals surface area contributed by atoms with Crippen LogP contribution in [-0.4, -0.2) is 44.1 Å². The molecule has 0 aliphatic heterocycles. The molecule has 3 nitrogen and oxygen atoms in total. The predicted octanol–water partition coefficient (Wildman–Crippen LogP) is 6.92. The zero-order valence-electron chi connectivity index (χ0n) is 18.6. The highest BCUT2D eigenvalue weighted by molar-refractivity contribution is 6.31. The molecule has 0 aliphatic rings. The zero-order chi connectivity index (χ0) is 20.8. The molecule has 1 aromatic carbocycles. The molecule has 0 atom stereocenters. The molecule has 0 amide bonds. The number of hydrogen-bond acceptors (Lipinski definition) is 2. The average Bonchev–Trinajstić information content (AvgIpc) is 2.64. The summed E-state index contributed by atoms with van der Waals surface area (Å²) in [5, 5.41) is 0.564. The van der Waals surface area contributed by atoms with E-state index in [9.17, 15) is 4.79 Å². The van der Waals surface area contributed by atoms with E-state index in [4.69, 9.17) is 16.3 Å². The quantitative estimate of drug-likeness (QED) is 0.168. The Labute approximate surface area is 178 Å². The Hall–Kier alpha value is -1.06. The lowest BCUT2D eigenvalue weighted by atomic mass is 10.1. The summed E-state index contributed by atoms with van der Waals surface area (Å²) in [5.74, 6) is 0.618. The van der Waals surface area contributed by atoms with Crippen LogP contribution in [0.25, 0.3) is 0 Å². The molecule has 0 heterocycles. The number of ketones is 1. The van der Waals surface area contributed by atoms with Crippen molar-refractivity contribution < 1.29 is 14.0 Å². The van der Waals surface area contributed by atoms with Gasteiger partial charge in [0, 0.05) is 5.02 Å². The van der Waals surface area contributed by atoms with E-state index in [0.717, 1.165) is 11.0 Å². The molecule has 0 saturated heterocycles. The summed E-state index contributed by atoms with van der Waals surface area (Å²) < 4.78 is 6.84. The van der Waals surface area contributed by atoms with Crippen molar-refractivity contribution in [3.05, 3.63) is 28.8 Å². The number of likely N-dealkylation sites (N-methyl/N-ethyl adjacent to an activating group) is 1.